The van der Waals surface area contributed by atoms with Crippen molar-refractivity contribution in [3.63, 3.8) is 0 Å². The van der Waals surface area contributed by atoms with E-state index in [0.717, 1.165) is 24.8 Å². The van der Waals surface area contributed by atoms with Crippen LogP contribution in [0.1, 0.15) is 35.2 Å². The van der Waals surface area contributed by atoms with Crippen molar-refractivity contribution in [2.45, 2.75) is 26.2 Å². The fourth-order valence-corrected chi connectivity index (χ4v) is 1.46. The number of hydrogen-bond acceptors (Lipinski definition) is 3. The van der Waals surface area contributed by atoms with E-state index in [2.05, 4.69) is 0 Å². The van der Waals surface area contributed by atoms with Gasteiger partial charge in [0, 0.05) is 6.61 Å². The molecular formula is C13H18O4. The number of rotatable bonds is 7. The van der Waals surface area contributed by atoms with Gasteiger partial charge in [0.05, 0.1) is 12.2 Å². The molecule has 2 N–H and O–H groups in total. The lowest BCUT2D eigenvalue weighted by molar-refractivity contribution is 0.0696. The zero-order valence-corrected chi connectivity index (χ0v) is 9.98. The van der Waals surface area contributed by atoms with Gasteiger partial charge in [0.1, 0.15) is 5.75 Å². The number of aryl methyl sites for hydroxylation is 1. The third kappa shape index (κ3) is 4.44. The van der Waals surface area contributed by atoms with E-state index in [4.69, 9.17) is 14.9 Å². The van der Waals surface area contributed by atoms with Crippen LogP contribution >= 0.6 is 0 Å². The van der Waals surface area contributed by atoms with Crippen LogP contribution in [0, 0.1) is 6.92 Å². The summed E-state index contributed by atoms with van der Waals surface area (Å²) in [5, 5.41) is 17.5. The van der Waals surface area contributed by atoms with Gasteiger partial charge in [-0.3, -0.25) is 0 Å². The van der Waals surface area contributed by atoms with Crippen LogP contribution in [0.5, 0.6) is 5.75 Å². The zero-order chi connectivity index (χ0) is 12.7. The lowest BCUT2D eigenvalue weighted by atomic mass is 10.1. The molecule has 0 aromatic heterocycles. The maximum atomic E-state index is 10.8. The lowest BCUT2D eigenvalue weighted by Gasteiger charge is -2.09. The Kier molecular flexibility index (Phi) is 5.49. The van der Waals surface area contributed by atoms with Crippen LogP contribution in [-0.4, -0.2) is 29.4 Å². The van der Waals surface area contributed by atoms with Gasteiger partial charge in [-0.1, -0.05) is 6.07 Å². The molecule has 94 valence electrons. The molecule has 1 aromatic rings. The minimum Gasteiger partial charge on any atom is -0.493 e. The van der Waals surface area contributed by atoms with Gasteiger partial charge < -0.3 is 14.9 Å². The Labute approximate surface area is 101 Å². The number of carbonyl (C=O) groups is 1. The average Bonchev–Trinajstić information content (AvgIpc) is 2.30. The van der Waals surface area contributed by atoms with E-state index in [1.54, 1.807) is 18.2 Å². The Hall–Kier alpha value is -1.55. The van der Waals surface area contributed by atoms with Gasteiger partial charge >= 0.3 is 5.97 Å². The summed E-state index contributed by atoms with van der Waals surface area (Å²) in [5.41, 5.74) is 1.16. The molecule has 0 spiro atoms. The van der Waals surface area contributed by atoms with Gasteiger partial charge in [-0.05, 0) is 43.9 Å². The van der Waals surface area contributed by atoms with Gasteiger partial charge in [-0.2, -0.15) is 0 Å². The maximum Gasteiger partial charge on any atom is 0.335 e. The highest BCUT2D eigenvalue weighted by Crippen LogP contribution is 2.20. The maximum absolute atomic E-state index is 10.8. The molecule has 4 nitrogen and oxygen atoms in total. The number of ether oxygens (including phenoxy) is 1. The Bertz CT molecular complexity index is 374. The van der Waals surface area contributed by atoms with Crippen molar-refractivity contribution in [1.29, 1.82) is 0 Å². The van der Waals surface area contributed by atoms with Crippen LogP contribution in [-0.2, 0) is 0 Å². The van der Waals surface area contributed by atoms with Gasteiger partial charge in [-0.15, -0.1) is 0 Å². The van der Waals surface area contributed by atoms with Crippen LogP contribution in [0.25, 0.3) is 0 Å². The predicted molar refractivity (Wildman–Crippen MR) is 64.6 cm³/mol. The second-order valence-corrected chi connectivity index (χ2v) is 3.92. The van der Waals surface area contributed by atoms with Crippen molar-refractivity contribution in [2.24, 2.45) is 0 Å². The van der Waals surface area contributed by atoms with Crippen molar-refractivity contribution < 1.29 is 19.7 Å². The first-order valence-corrected chi connectivity index (χ1v) is 5.72. The first-order chi connectivity index (χ1) is 8.15. The molecular weight excluding hydrogens is 220 g/mol. The quantitative estimate of drug-likeness (QED) is 0.715. The molecule has 0 fully saturated rings. The Morgan fingerprint density at radius 1 is 1.29 bits per heavy atom. The number of carboxylic acids is 1. The summed E-state index contributed by atoms with van der Waals surface area (Å²) in [6.07, 6.45) is 2.54. The van der Waals surface area contributed by atoms with Crippen molar-refractivity contribution in [1.82, 2.24) is 0 Å². The molecule has 4 heteroatoms. The van der Waals surface area contributed by atoms with E-state index >= 15 is 0 Å². The number of aliphatic hydroxyl groups excluding tert-OH is 1. The SMILES string of the molecule is Cc1ccc(C(=O)O)cc1OCCCCCO. The zero-order valence-electron chi connectivity index (χ0n) is 9.98. The Balaban J connectivity index is 2.51. The first kappa shape index (κ1) is 13.5. The molecule has 17 heavy (non-hydrogen) atoms. The van der Waals surface area contributed by atoms with E-state index < -0.39 is 5.97 Å². The smallest absolute Gasteiger partial charge is 0.335 e. The summed E-state index contributed by atoms with van der Waals surface area (Å²) in [5.74, 6) is -0.330. The molecule has 0 bridgehead atoms. The number of aliphatic hydroxyl groups is 1. The van der Waals surface area contributed by atoms with Gasteiger partial charge in [0.25, 0.3) is 0 Å². The first-order valence-electron chi connectivity index (χ1n) is 5.72. The summed E-state index contributed by atoms with van der Waals surface area (Å²) in [6, 6.07) is 4.85. The molecule has 0 aliphatic heterocycles. The molecule has 0 radical (unpaired) electrons. The van der Waals surface area contributed by atoms with Gasteiger partial charge in [0.2, 0.25) is 0 Å². The van der Waals surface area contributed by atoms with E-state index in [1.807, 2.05) is 6.92 Å². The van der Waals surface area contributed by atoms with Crippen molar-refractivity contribution in [2.75, 3.05) is 13.2 Å². The highest BCUT2D eigenvalue weighted by Gasteiger charge is 2.06. The second-order valence-electron chi connectivity index (χ2n) is 3.92. The van der Waals surface area contributed by atoms with E-state index in [1.165, 1.54) is 0 Å². The van der Waals surface area contributed by atoms with Crippen molar-refractivity contribution >= 4 is 5.97 Å². The monoisotopic (exact) mass is 238 g/mol. The fourth-order valence-electron chi connectivity index (χ4n) is 1.46. The lowest BCUT2D eigenvalue weighted by Crippen LogP contribution is -2.02. The summed E-state index contributed by atoms with van der Waals surface area (Å²) >= 11 is 0. The van der Waals surface area contributed by atoms with E-state index in [-0.39, 0.29) is 12.2 Å². The van der Waals surface area contributed by atoms with E-state index in [0.29, 0.717) is 12.4 Å². The van der Waals surface area contributed by atoms with Crippen molar-refractivity contribution in [3.8, 4) is 5.75 Å². The van der Waals surface area contributed by atoms with Gasteiger partial charge in [0.15, 0.2) is 0 Å². The predicted octanol–water partition coefficient (Wildman–Crippen LogP) is 2.23. The van der Waals surface area contributed by atoms with E-state index in [9.17, 15) is 4.79 Å². The third-order valence-electron chi connectivity index (χ3n) is 2.50. The average molecular weight is 238 g/mol. The highest BCUT2D eigenvalue weighted by atomic mass is 16.5. The molecule has 0 aliphatic carbocycles. The second kappa shape index (κ2) is 6.91. The largest absolute Gasteiger partial charge is 0.493 e. The minimum absolute atomic E-state index is 0.202. The van der Waals surface area contributed by atoms with Crippen LogP contribution in [0.4, 0.5) is 0 Å². The molecule has 0 amide bonds. The molecule has 0 saturated carbocycles. The number of carboxylic acid groups (broad SMARTS) is 1. The highest BCUT2D eigenvalue weighted by molar-refractivity contribution is 5.88. The molecule has 0 heterocycles. The number of benzene rings is 1. The summed E-state index contributed by atoms with van der Waals surface area (Å²) in [4.78, 5) is 10.8. The topological polar surface area (TPSA) is 66.8 Å². The minimum atomic E-state index is -0.949. The molecule has 0 saturated heterocycles. The standard InChI is InChI=1S/C13H18O4/c1-10-5-6-11(13(15)16)9-12(10)17-8-4-2-3-7-14/h5-6,9,14H,2-4,7-8H2,1H3,(H,15,16). The Morgan fingerprint density at radius 3 is 2.71 bits per heavy atom. The van der Waals surface area contributed by atoms with Crippen LogP contribution in [0.2, 0.25) is 0 Å². The number of hydrogen-bond donors (Lipinski definition) is 2. The van der Waals surface area contributed by atoms with Crippen LogP contribution in [0.15, 0.2) is 18.2 Å². The summed E-state index contributed by atoms with van der Waals surface area (Å²) < 4.78 is 5.53. The molecule has 1 aromatic carbocycles. The Morgan fingerprint density at radius 2 is 2.06 bits per heavy atom. The normalized spacial score (nSPS) is 10.2. The van der Waals surface area contributed by atoms with Crippen molar-refractivity contribution in [3.05, 3.63) is 29.3 Å². The molecule has 0 unspecified atom stereocenters. The van der Waals surface area contributed by atoms with Crippen LogP contribution in [0.3, 0.4) is 0 Å². The third-order valence-corrected chi connectivity index (χ3v) is 2.50. The van der Waals surface area contributed by atoms with Gasteiger partial charge in [-0.25, -0.2) is 4.79 Å². The summed E-state index contributed by atoms with van der Waals surface area (Å²) in [7, 11) is 0. The summed E-state index contributed by atoms with van der Waals surface area (Å²) in [6.45, 7) is 2.63. The molecule has 0 atom stereocenters. The van der Waals surface area contributed by atoms with Crippen LogP contribution < -0.4 is 4.74 Å². The molecule has 0 aliphatic rings. The molecule has 1 rings (SSSR count). The fraction of sp³-hybridized carbons (Fsp3) is 0.462. The number of aromatic carboxylic acids is 1. The number of unbranched alkanes of at least 4 members (excludes halogenated alkanes) is 2.